The molecule has 2 aromatic rings. The van der Waals surface area contributed by atoms with E-state index in [4.69, 9.17) is 0 Å². The van der Waals surface area contributed by atoms with Gasteiger partial charge in [0.2, 0.25) is 0 Å². The van der Waals surface area contributed by atoms with Crippen LogP contribution >= 0.6 is 15.9 Å². The molecule has 0 aliphatic heterocycles. The standard InChI is InChI=1S/C17H24BrN3/c1-4-19-11-15(14-8-6-5-7-9-14)10-17-16(18)12-20-21(17)13(2)3/h5-9,12-13,15,19H,4,10-11H2,1-3H3. The number of likely N-dealkylation sites (N-methyl/N-ethyl adjacent to an activating group) is 1. The smallest absolute Gasteiger partial charge is 0.0635 e. The Hall–Kier alpha value is -1.13. The molecule has 3 nitrogen and oxygen atoms in total. The highest BCUT2D eigenvalue weighted by Crippen LogP contribution is 2.27. The molecule has 4 heteroatoms. The minimum atomic E-state index is 0.377. The van der Waals surface area contributed by atoms with Crippen LogP contribution in [0.4, 0.5) is 0 Å². The first-order valence-electron chi connectivity index (χ1n) is 7.61. The Bertz CT molecular complexity index is 548. The lowest BCUT2D eigenvalue weighted by atomic mass is 9.94. The first-order valence-corrected chi connectivity index (χ1v) is 8.40. The van der Waals surface area contributed by atoms with Crippen LogP contribution in [0, 0.1) is 0 Å². The SMILES string of the molecule is CCNCC(Cc1c(Br)cnn1C(C)C)c1ccccc1. The number of benzene rings is 1. The average molecular weight is 350 g/mol. The van der Waals surface area contributed by atoms with Gasteiger partial charge < -0.3 is 5.32 Å². The van der Waals surface area contributed by atoms with Crippen LogP contribution in [0.15, 0.2) is 41.0 Å². The summed E-state index contributed by atoms with van der Waals surface area (Å²) in [7, 11) is 0. The predicted octanol–water partition coefficient (Wildman–Crippen LogP) is 4.16. The molecule has 0 spiro atoms. The van der Waals surface area contributed by atoms with Crippen molar-refractivity contribution < 1.29 is 0 Å². The summed E-state index contributed by atoms with van der Waals surface area (Å²) >= 11 is 3.65. The van der Waals surface area contributed by atoms with E-state index in [-0.39, 0.29) is 0 Å². The summed E-state index contributed by atoms with van der Waals surface area (Å²) in [5.41, 5.74) is 2.65. The molecule has 1 N–H and O–H groups in total. The van der Waals surface area contributed by atoms with Crippen LogP contribution in [0.25, 0.3) is 0 Å². The molecular weight excluding hydrogens is 326 g/mol. The third-order valence-electron chi connectivity index (χ3n) is 3.69. The van der Waals surface area contributed by atoms with Crippen molar-refractivity contribution >= 4 is 15.9 Å². The minimum Gasteiger partial charge on any atom is -0.316 e. The molecule has 0 amide bonds. The van der Waals surface area contributed by atoms with Crippen LogP contribution in [-0.4, -0.2) is 22.9 Å². The van der Waals surface area contributed by atoms with Crippen LogP contribution in [0.5, 0.6) is 0 Å². The van der Waals surface area contributed by atoms with Crippen molar-refractivity contribution in [2.75, 3.05) is 13.1 Å². The molecule has 1 unspecified atom stereocenters. The van der Waals surface area contributed by atoms with E-state index in [0.717, 1.165) is 24.0 Å². The van der Waals surface area contributed by atoms with Gasteiger partial charge >= 0.3 is 0 Å². The van der Waals surface area contributed by atoms with Gasteiger partial charge in [-0.2, -0.15) is 5.10 Å². The quantitative estimate of drug-likeness (QED) is 0.813. The number of nitrogens with one attached hydrogen (secondary N) is 1. The molecule has 0 saturated carbocycles. The van der Waals surface area contributed by atoms with E-state index in [9.17, 15) is 0 Å². The molecule has 0 radical (unpaired) electrons. The van der Waals surface area contributed by atoms with Crippen molar-refractivity contribution in [2.24, 2.45) is 0 Å². The Morgan fingerprint density at radius 2 is 1.95 bits per heavy atom. The fraction of sp³-hybridized carbons (Fsp3) is 0.471. The van der Waals surface area contributed by atoms with Crippen molar-refractivity contribution in [3.63, 3.8) is 0 Å². The summed E-state index contributed by atoms with van der Waals surface area (Å²) in [6.07, 6.45) is 2.89. The Morgan fingerprint density at radius 3 is 2.57 bits per heavy atom. The Morgan fingerprint density at radius 1 is 1.24 bits per heavy atom. The van der Waals surface area contributed by atoms with Crippen LogP contribution in [0.1, 0.15) is 44.0 Å². The molecular formula is C17H24BrN3. The zero-order chi connectivity index (χ0) is 15.2. The molecule has 1 aromatic heterocycles. The lowest BCUT2D eigenvalue weighted by Crippen LogP contribution is -2.24. The summed E-state index contributed by atoms with van der Waals surface area (Å²) in [6, 6.07) is 11.1. The number of hydrogen-bond acceptors (Lipinski definition) is 2. The molecule has 2 rings (SSSR count). The molecule has 21 heavy (non-hydrogen) atoms. The van der Waals surface area contributed by atoms with E-state index >= 15 is 0 Å². The van der Waals surface area contributed by atoms with Gasteiger partial charge in [-0.05, 0) is 48.3 Å². The van der Waals surface area contributed by atoms with Crippen LogP contribution in [-0.2, 0) is 6.42 Å². The summed E-state index contributed by atoms with van der Waals surface area (Å²) in [6.45, 7) is 8.47. The topological polar surface area (TPSA) is 29.9 Å². The number of hydrogen-bond donors (Lipinski definition) is 1. The Kier molecular flexibility index (Phi) is 6.00. The lowest BCUT2D eigenvalue weighted by Gasteiger charge is -2.20. The van der Waals surface area contributed by atoms with Crippen molar-refractivity contribution in [1.29, 1.82) is 0 Å². The van der Waals surface area contributed by atoms with Crippen molar-refractivity contribution in [1.82, 2.24) is 15.1 Å². The number of aromatic nitrogens is 2. The van der Waals surface area contributed by atoms with E-state index in [1.807, 2.05) is 6.20 Å². The molecule has 1 atom stereocenters. The summed E-state index contributed by atoms with van der Waals surface area (Å²) in [4.78, 5) is 0. The number of halogens is 1. The van der Waals surface area contributed by atoms with E-state index in [2.05, 4.69) is 82.1 Å². The normalized spacial score (nSPS) is 12.8. The molecule has 114 valence electrons. The summed E-state index contributed by atoms with van der Waals surface area (Å²) in [5.74, 6) is 0.455. The van der Waals surface area contributed by atoms with Gasteiger partial charge in [-0.25, -0.2) is 0 Å². The van der Waals surface area contributed by atoms with Crippen LogP contribution in [0.3, 0.4) is 0 Å². The molecule has 1 aromatic carbocycles. The highest BCUT2D eigenvalue weighted by Gasteiger charge is 2.18. The second kappa shape index (κ2) is 7.76. The largest absolute Gasteiger partial charge is 0.316 e. The van der Waals surface area contributed by atoms with Gasteiger partial charge in [-0.3, -0.25) is 4.68 Å². The summed E-state index contributed by atoms with van der Waals surface area (Å²) in [5, 5.41) is 7.97. The average Bonchev–Trinajstić information content (AvgIpc) is 2.85. The second-order valence-corrected chi connectivity index (χ2v) is 6.45. The third kappa shape index (κ3) is 4.17. The van der Waals surface area contributed by atoms with E-state index in [1.54, 1.807) is 0 Å². The maximum Gasteiger partial charge on any atom is 0.0635 e. The fourth-order valence-corrected chi connectivity index (χ4v) is 3.02. The monoisotopic (exact) mass is 349 g/mol. The molecule has 0 aliphatic rings. The van der Waals surface area contributed by atoms with Crippen molar-refractivity contribution in [2.45, 2.75) is 39.2 Å². The van der Waals surface area contributed by atoms with Gasteiger partial charge in [0.15, 0.2) is 0 Å². The number of rotatable bonds is 7. The van der Waals surface area contributed by atoms with Crippen LogP contribution in [0.2, 0.25) is 0 Å². The fourth-order valence-electron chi connectivity index (χ4n) is 2.59. The van der Waals surface area contributed by atoms with Crippen molar-refractivity contribution in [3.8, 4) is 0 Å². The third-order valence-corrected chi connectivity index (χ3v) is 4.35. The van der Waals surface area contributed by atoms with E-state index < -0.39 is 0 Å². The Balaban J connectivity index is 2.25. The second-order valence-electron chi connectivity index (χ2n) is 5.60. The van der Waals surface area contributed by atoms with Gasteiger partial charge in [-0.1, -0.05) is 37.3 Å². The van der Waals surface area contributed by atoms with Crippen LogP contribution < -0.4 is 5.32 Å². The summed E-state index contributed by atoms with van der Waals surface area (Å²) < 4.78 is 3.22. The Labute approximate surface area is 135 Å². The number of nitrogens with zero attached hydrogens (tertiary/aromatic N) is 2. The van der Waals surface area contributed by atoms with E-state index in [1.165, 1.54) is 11.3 Å². The zero-order valence-corrected chi connectivity index (χ0v) is 14.6. The van der Waals surface area contributed by atoms with Gasteiger partial charge in [0.25, 0.3) is 0 Å². The van der Waals surface area contributed by atoms with Gasteiger partial charge in [0, 0.05) is 18.5 Å². The maximum atomic E-state index is 4.49. The van der Waals surface area contributed by atoms with Gasteiger partial charge in [0.05, 0.1) is 16.4 Å². The highest BCUT2D eigenvalue weighted by atomic mass is 79.9. The minimum absolute atomic E-state index is 0.377. The lowest BCUT2D eigenvalue weighted by molar-refractivity contribution is 0.489. The van der Waals surface area contributed by atoms with Crippen molar-refractivity contribution in [3.05, 3.63) is 52.3 Å². The molecule has 0 aliphatic carbocycles. The molecule has 0 fully saturated rings. The maximum absolute atomic E-state index is 4.49. The van der Waals surface area contributed by atoms with Gasteiger partial charge in [-0.15, -0.1) is 0 Å². The predicted molar refractivity (Wildman–Crippen MR) is 91.7 cm³/mol. The molecule has 1 heterocycles. The molecule has 0 bridgehead atoms. The van der Waals surface area contributed by atoms with Gasteiger partial charge in [0.1, 0.15) is 0 Å². The first kappa shape index (κ1) is 16.2. The zero-order valence-electron chi connectivity index (χ0n) is 13.0. The molecule has 0 saturated heterocycles. The van der Waals surface area contributed by atoms with E-state index in [0.29, 0.717) is 12.0 Å². The highest BCUT2D eigenvalue weighted by molar-refractivity contribution is 9.10. The first-order chi connectivity index (χ1) is 10.1.